The highest BCUT2D eigenvalue weighted by Gasteiger charge is 2.19. The fourth-order valence-electron chi connectivity index (χ4n) is 10.4. The second-order valence-corrected chi connectivity index (χ2v) is 23.8. The van der Waals surface area contributed by atoms with E-state index in [4.69, 9.17) is 14.2 Å². The van der Waals surface area contributed by atoms with E-state index in [1.807, 2.05) is 0 Å². The van der Waals surface area contributed by atoms with Gasteiger partial charge in [-0.2, -0.15) is 0 Å². The molecule has 0 radical (unpaired) electrons. The predicted octanol–water partition coefficient (Wildman–Crippen LogP) is 24.4. The zero-order chi connectivity index (χ0) is 58.5. The number of carbonyl (C=O) groups is 3. The number of allylic oxidation sites excluding steroid dienone is 12. The van der Waals surface area contributed by atoms with Crippen molar-refractivity contribution in [2.24, 2.45) is 0 Å². The summed E-state index contributed by atoms with van der Waals surface area (Å²) in [5, 5.41) is 0. The number of unbranched alkanes of at least 4 members (excludes halogenated alkanes) is 42. The van der Waals surface area contributed by atoms with Crippen LogP contribution < -0.4 is 0 Å². The normalized spacial score (nSPS) is 12.5. The Morgan fingerprint density at radius 1 is 0.259 bits per heavy atom. The highest BCUT2D eigenvalue weighted by Crippen LogP contribution is 2.18. The molecule has 6 nitrogen and oxygen atoms in total. The summed E-state index contributed by atoms with van der Waals surface area (Å²) in [7, 11) is 0. The van der Waals surface area contributed by atoms with Crippen LogP contribution in [-0.4, -0.2) is 37.2 Å². The van der Waals surface area contributed by atoms with Crippen LogP contribution in [-0.2, 0) is 28.6 Å². The predicted molar refractivity (Wildman–Crippen MR) is 353 cm³/mol. The van der Waals surface area contributed by atoms with Gasteiger partial charge < -0.3 is 14.2 Å². The zero-order valence-electron chi connectivity index (χ0n) is 54.1. The molecule has 0 bridgehead atoms. The number of rotatable bonds is 65. The van der Waals surface area contributed by atoms with Crippen molar-refractivity contribution in [2.45, 2.75) is 374 Å². The third-order valence-corrected chi connectivity index (χ3v) is 15.7. The fraction of sp³-hybridized carbons (Fsp3) is 0.800. The molecule has 0 N–H and O–H groups in total. The van der Waals surface area contributed by atoms with Crippen molar-refractivity contribution in [3.63, 3.8) is 0 Å². The van der Waals surface area contributed by atoms with Crippen molar-refractivity contribution in [3.05, 3.63) is 72.9 Å². The van der Waals surface area contributed by atoms with E-state index in [1.54, 1.807) is 0 Å². The second-order valence-electron chi connectivity index (χ2n) is 23.8. The molecular weight excluding hydrogens is 997 g/mol. The molecule has 1 unspecified atom stereocenters. The quantitative estimate of drug-likeness (QED) is 0.0261. The lowest BCUT2D eigenvalue weighted by Crippen LogP contribution is -2.30. The lowest BCUT2D eigenvalue weighted by atomic mass is 10.0. The highest BCUT2D eigenvalue weighted by molar-refractivity contribution is 5.71. The summed E-state index contributed by atoms with van der Waals surface area (Å²) in [4.78, 5) is 38.0. The summed E-state index contributed by atoms with van der Waals surface area (Å²) >= 11 is 0. The van der Waals surface area contributed by atoms with Crippen LogP contribution in [0.15, 0.2) is 72.9 Å². The number of hydrogen-bond donors (Lipinski definition) is 0. The Labute approximate surface area is 503 Å². The van der Waals surface area contributed by atoms with Crippen molar-refractivity contribution in [1.82, 2.24) is 0 Å². The summed E-state index contributed by atoms with van der Waals surface area (Å²) in [6, 6.07) is 0. The van der Waals surface area contributed by atoms with Crippen LogP contribution in [0.25, 0.3) is 0 Å². The standard InChI is InChI=1S/C75H134O6/c1-4-7-10-13-15-17-19-21-23-25-27-29-31-33-35-36-37-38-40-41-43-45-47-49-51-53-55-57-59-62-65-68-74(77)80-71-72(70-79-73(76)67-64-61-12-9-6-3)81-75(78)69-66-63-60-58-56-54-52-50-48-46-44-42-39-34-32-30-28-26-24-22-20-18-16-14-11-8-5-2/h7,10,15,17,21,23,26-29,33,35,72H,4-6,8-9,11-14,16,18-20,22,24-25,30-32,34,36-71H2,1-3H3/b10-7-,17-15-,23-21-,28-26-,29-27-,35-33-. The minimum Gasteiger partial charge on any atom is -0.462 e. The van der Waals surface area contributed by atoms with Gasteiger partial charge in [0.05, 0.1) is 0 Å². The molecule has 0 aliphatic carbocycles. The molecule has 6 heteroatoms. The van der Waals surface area contributed by atoms with Crippen LogP contribution in [0, 0.1) is 0 Å². The monoisotopic (exact) mass is 1130 g/mol. The first-order valence-corrected chi connectivity index (χ1v) is 35.4. The topological polar surface area (TPSA) is 78.9 Å². The van der Waals surface area contributed by atoms with E-state index in [2.05, 4.69) is 93.7 Å². The molecule has 0 saturated heterocycles. The zero-order valence-corrected chi connectivity index (χ0v) is 54.1. The number of carbonyl (C=O) groups excluding carboxylic acids is 3. The van der Waals surface area contributed by atoms with Crippen molar-refractivity contribution in [2.75, 3.05) is 13.2 Å². The molecule has 1 atom stereocenters. The number of esters is 3. The van der Waals surface area contributed by atoms with Gasteiger partial charge in [-0.25, -0.2) is 0 Å². The first-order valence-electron chi connectivity index (χ1n) is 35.4. The van der Waals surface area contributed by atoms with Crippen molar-refractivity contribution in [3.8, 4) is 0 Å². The van der Waals surface area contributed by atoms with Crippen LogP contribution in [0.3, 0.4) is 0 Å². The summed E-state index contributed by atoms with van der Waals surface area (Å²) in [6.07, 6.45) is 91.3. The molecule has 0 aromatic rings. The lowest BCUT2D eigenvalue weighted by molar-refractivity contribution is -0.167. The minimum atomic E-state index is -0.770. The Morgan fingerprint density at radius 3 is 0.765 bits per heavy atom. The Balaban J connectivity index is 3.95. The van der Waals surface area contributed by atoms with Gasteiger partial charge in [0.25, 0.3) is 0 Å². The molecule has 0 aromatic carbocycles. The van der Waals surface area contributed by atoms with Gasteiger partial charge in [0.15, 0.2) is 6.10 Å². The maximum absolute atomic E-state index is 12.9. The van der Waals surface area contributed by atoms with E-state index in [1.165, 1.54) is 231 Å². The van der Waals surface area contributed by atoms with Crippen molar-refractivity contribution in [1.29, 1.82) is 0 Å². The van der Waals surface area contributed by atoms with E-state index < -0.39 is 6.10 Å². The third-order valence-electron chi connectivity index (χ3n) is 15.7. The smallest absolute Gasteiger partial charge is 0.306 e. The molecule has 470 valence electrons. The van der Waals surface area contributed by atoms with Crippen molar-refractivity contribution < 1.29 is 28.6 Å². The van der Waals surface area contributed by atoms with Crippen molar-refractivity contribution >= 4 is 17.9 Å². The Kier molecular flexibility index (Phi) is 66.6. The summed E-state index contributed by atoms with van der Waals surface area (Å²) in [5.74, 6) is -0.866. The van der Waals surface area contributed by atoms with Gasteiger partial charge >= 0.3 is 17.9 Å². The first kappa shape index (κ1) is 77.9. The Morgan fingerprint density at radius 2 is 0.481 bits per heavy atom. The van der Waals surface area contributed by atoms with E-state index in [-0.39, 0.29) is 31.1 Å². The van der Waals surface area contributed by atoms with Gasteiger partial charge in [-0.15, -0.1) is 0 Å². The molecule has 0 aliphatic heterocycles. The van der Waals surface area contributed by atoms with Gasteiger partial charge in [0.2, 0.25) is 0 Å². The summed E-state index contributed by atoms with van der Waals surface area (Å²) in [5.41, 5.74) is 0. The second kappa shape index (κ2) is 69.3. The van der Waals surface area contributed by atoms with Crippen LogP contribution in [0.5, 0.6) is 0 Å². The van der Waals surface area contributed by atoms with Gasteiger partial charge in [-0.3, -0.25) is 14.4 Å². The molecule has 0 rings (SSSR count). The van der Waals surface area contributed by atoms with E-state index in [0.29, 0.717) is 19.3 Å². The highest BCUT2D eigenvalue weighted by atomic mass is 16.6. The Hall–Kier alpha value is -3.15. The van der Waals surface area contributed by atoms with Crippen LogP contribution in [0.2, 0.25) is 0 Å². The SMILES string of the molecule is CC/C=C\C/C=C\C/C=C\C/C=C\C/C=C\CCCCCCCCCCCCCCCCCC(=O)OCC(COC(=O)CCCCCCC)OC(=O)CCCCCCCCCCCCCCCCC/C=C\CCCCCCCCCC. The number of hydrogen-bond acceptors (Lipinski definition) is 6. The van der Waals surface area contributed by atoms with Gasteiger partial charge in [-0.1, -0.05) is 331 Å². The Bertz CT molecular complexity index is 1490. The lowest BCUT2D eigenvalue weighted by Gasteiger charge is -2.18. The third kappa shape index (κ3) is 67.5. The minimum absolute atomic E-state index is 0.0711. The average Bonchev–Trinajstić information content (AvgIpc) is 3.47. The van der Waals surface area contributed by atoms with E-state index >= 15 is 0 Å². The van der Waals surface area contributed by atoms with Crippen LogP contribution in [0.4, 0.5) is 0 Å². The van der Waals surface area contributed by atoms with Crippen LogP contribution >= 0.6 is 0 Å². The van der Waals surface area contributed by atoms with E-state index in [0.717, 1.165) is 96.3 Å². The molecule has 81 heavy (non-hydrogen) atoms. The summed E-state index contributed by atoms with van der Waals surface area (Å²) in [6.45, 7) is 6.49. The fourth-order valence-corrected chi connectivity index (χ4v) is 10.4. The molecule has 0 saturated carbocycles. The number of ether oxygens (including phenoxy) is 3. The maximum Gasteiger partial charge on any atom is 0.306 e. The maximum atomic E-state index is 12.9. The van der Waals surface area contributed by atoms with Gasteiger partial charge in [0, 0.05) is 19.3 Å². The van der Waals surface area contributed by atoms with Gasteiger partial charge in [-0.05, 0) is 89.9 Å². The van der Waals surface area contributed by atoms with Gasteiger partial charge in [0.1, 0.15) is 13.2 Å². The molecule has 0 heterocycles. The molecule has 0 amide bonds. The molecule has 0 spiro atoms. The molecule has 0 fully saturated rings. The van der Waals surface area contributed by atoms with E-state index in [9.17, 15) is 14.4 Å². The molecular formula is C75H134O6. The molecule has 0 aromatic heterocycles. The molecule has 0 aliphatic rings. The summed E-state index contributed by atoms with van der Waals surface area (Å²) < 4.78 is 16.8. The average molecular weight is 1130 g/mol. The van der Waals surface area contributed by atoms with Crippen LogP contribution in [0.1, 0.15) is 367 Å². The largest absolute Gasteiger partial charge is 0.462 e. The first-order chi connectivity index (χ1) is 40.0.